The van der Waals surface area contributed by atoms with Crippen molar-refractivity contribution in [1.29, 1.82) is 0 Å². The molecule has 1 aromatic heterocycles. The van der Waals surface area contributed by atoms with Crippen LogP contribution in [0.25, 0.3) is 0 Å². The molecule has 0 bridgehead atoms. The molecule has 0 aliphatic carbocycles. The number of phenols is 1. The van der Waals surface area contributed by atoms with Gasteiger partial charge in [-0.1, -0.05) is 32.4 Å². The number of nitrogens with zero attached hydrogens (tertiary/aromatic N) is 1. The van der Waals surface area contributed by atoms with Gasteiger partial charge in [-0.2, -0.15) is 0 Å². The summed E-state index contributed by atoms with van der Waals surface area (Å²) in [6.45, 7) is 6.03. The number of imidazole rings is 1. The van der Waals surface area contributed by atoms with Gasteiger partial charge in [-0.3, -0.25) is 24.0 Å². The number of carbonyl (C=O) groups is 5. The number of aromatic amines is 1. The maximum atomic E-state index is 10.4. The number of rotatable bonds is 11. The predicted molar refractivity (Wildman–Crippen MR) is 170 cm³/mol. The van der Waals surface area contributed by atoms with Gasteiger partial charge in [0, 0.05) is 12.6 Å². The third-order valence-electron chi connectivity index (χ3n) is 6.30. The van der Waals surface area contributed by atoms with Gasteiger partial charge in [0.05, 0.1) is 12.0 Å². The second-order valence-electron chi connectivity index (χ2n) is 10.4. The Labute approximate surface area is 272 Å². The lowest BCUT2D eigenvalue weighted by atomic mass is 10.0. The van der Waals surface area contributed by atoms with E-state index in [1.54, 1.807) is 18.3 Å². The average molecular weight is 672 g/mol. The van der Waals surface area contributed by atoms with Crippen molar-refractivity contribution in [2.45, 2.75) is 83.1 Å². The minimum Gasteiger partial charge on any atom is -0.508 e. The Balaban J connectivity index is 0. The summed E-state index contributed by atoms with van der Waals surface area (Å²) < 4.78 is 0. The second kappa shape index (κ2) is 24.6. The molecular weight excluding hydrogens is 622 g/mol. The van der Waals surface area contributed by atoms with E-state index in [9.17, 15) is 24.0 Å². The fourth-order valence-electron chi connectivity index (χ4n) is 3.08. The van der Waals surface area contributed by atoms with Crippen LogP contribution >= 0.6 is 0 Å². The number of hydrogen-bond donors (Lipinski definition) is 12. The molecule has 0 amide bonds. The van der Waals surface area contributed by atoms with Crippen LogP contribution in [-0.4, -0.2) is 107 Å². The van der Waals surface area contributed by atoms with Gasteiger partial charge in [0.25, 0.3) is 0 Å². The van der Waals surface area contributed by atoms with Crippen LogP contribution in [0, 0.1) is 5.92 Å². The van der Waals surface area contributed by atoms with Crippen molar-refractivity contribution in [3.05, 3.63) is 48.0 Å². The minimum absolute atomic E-state index is 0.0718. The molecule has 1 saturated heterocycles. The molecule has 0 spiro atoms. The van der Waals surface area contributed by atoms with Crippen LogP contribution in [-0.2, 0) is 36.8 Å². The topological polar surface area (TPSA) is 352 Å². The Kier molecular flexibility index (Phi) is 23.3. The highest BCUT2D eigenvalue weighted by Gasteiger charge is 2.20. The number of phenolic OH excluding ortho intramolecular Hbond substituents is 1. The van der Waals surface area contributed by atoms with E-state index in [0.29, 0.717) is 5.69 Å². The monoisotopic (exact) mass is 671 g/mol. The zero-order chi connectivity index (χ0) is 36.7. The molecule has 1 fully saturated rings. The molecule has 6 atom stereocenters. The van der Waals surface area contributed by atoms with E-state index in [-0.39, 0.29) is 30.6 Å². The van der Waals surface area contributed by atoms with Crippen LogP contribution in [0.3, 0.4) is 0 Å². The largest absolute Gasteiger partial charge is 0.508 e. The Bertz CT molecular complexity index is 1190. The van der Waals surface area contributed by atoms with Gasteiger partial charge in [0.1, 0.15) is 36.0 Å². The first-order chi connectivity index (χ1) is 21.8. The van der Waals surface area contributed by atoms with Gasteiger partial charge >= 0.3 is 29.8 Å². The van der Waals surface area contributed by atoms with Crippen molar-refractivity contribution < 1.29 is 54.6 Å². The van der Waals surface area contributed by atoms with Gasteiger partial charge in [-0.05, 0) is 56.3 Å². The Morgan fingerprint density at radius 3 is 1.66 bits per heavy atom. The number of aromatic hydroxyl groups is 1. The lowest BCUT2D eigenvalue weighted by molar-refractivity contribution is -0.140. The van der Waals surface area contributed by atoms with Crippen molar-refractivity contribution in [3.8, 4) is 5.75 Å². The van der Waals surface area contributed by atoms with E-state index in [1.165, 1.54) is 25.4 Å². The van der Waals surface area contributed by atoms with Crippen LogP contribution in [0.15, 0.2) is 36.8 Å². The quantitative estimate of drug-likeness (QED) is 0.142. The summed E-state index contributed by atoms with van der Waals surface area (Å²) >= 11 is 0. The fourth-order valence-corrected chi connectivity index (χ4v) is 3.08. The fraction of sp³-hybridized carbons (Fsp3) is 0.517. The zero-order valence-corrected chi connectivity index (χ0v) is 26.7. The molecule has 18 heteroatoms. The molecule has 1 aliphatic rings. The molecule has 18 nitrogen and oxygen atoms in total. The standard InChI is InChI=1S/C9H11NO3.C6H9N3O2.C6H13NO2.C5H9NO2.C3H7NO2/c10-8(9(12)13)5-6-1-3-7(11)4-2-6;7-5(6(10)11)1-4-2-8-3-9-4;1-3-4(2)5(7)6(8)9;7-5(8)4-2-1-3-6-4;1-2(4)3(5)6/h1-4,8,11H,5,10H2,(H,12,13);2-3,5H,1,7H2,(H,8,9)(H,10,11);4-5H,3,7H2,1-2H3,(H,8,9);4,6H,1-3H2,(H,7,8);2H,4H2,1H3,(H,5,6)/t;5-;4?,5-;4-;2-/m.0001/s1. The van der Waals surface area contributed by atoms with Crippen LogP contribution in [0.1, 0.15) is 51.3 Å². The Hall–Kier alpha value is -4.62. The van der Waals surface area contributed by atoms with Crippen molar-refractivity contribution in [2.75, 3.05) is 6.54 Å². The zero-order valence-electron chi connectivity index (χ0n) is 26.7. The first kappa shape index (κ1) is 44.5. The molecule has 3 rings (SSSR count). The number of hydrogen-bond acceptors (Lipinski definition) is 12. The molecule has 1 aromatic carbocycles. The van der Waals surface area contributed by atoms with Gasteiger partial charge < -0.3 is 63.9 Å². The Morgan fingerprint density at radius 1 is 0.851 bits per heavy atom. The average Bonchev–Trinajstić information content (AvgIpc) is 3.74. The number of carboxylic acid groups (broad SMARTS) is 5. The van der Waals surface area contributed by atoms with Crippen LogP contribution in [0.4, 0.5) is 0 Å². The molecule has 2 heterocycles. The summed E-state index contributed by atoms with van der Waals surface area (Å²) in [5, 5.41) is 53.3. The predicted octanol–water partition coefficient (Wildman–Crippen LogP) is -0.604. The van der Waals surface area contributed by atoms with Crippen LogP contribution < -0.4 is 28.3 Å². The summed E-state index contributed by atoms with van der Waals surface area (Å²) in [5.74, 6) is -4.39. The second-order valence-corrected chi connectivity index (χ2v) is 10.4. The third kappa shape index (κ3) is 22.5. The first-order valence-corrected chi connectivity index (χ1v) is 14.5. The first-order valence-electron chi connectivity index (χ1n) is 14.5. The molecular formula is C29H49N7O11. The number of benzene rings is 1. The molecule has 2 unspecified atom stereocenters. The van der Waals surface area contributed by atoms with E-state index in [1.807, 2.05) is 13.8 Å². The molecule has 266 valence electrons. The number of nitrogens with one attached hydrogen (secondary N) is 2. The number of aromatic nitrogens is 2. The number of aliphatic carboxylic acids is 5. The molecule has 0 saturated carbocycles. The number of nitrogens with two attached hydrogens (primary N) is 4. The van der Waals surface area contributed by atoms with E-state index >= 15 is 0 Å². The third-order valence-corrected chi connectivity index (χ3v) is 6.30. The van der Waals surface area contributed by atoms with Crippen molar-refractivity contribution in [2.24, 2.45) is 28.9 Å². The van der Waals surface area contributed by atoms with Crippen molar-refractivity contribution in [1.82, 2.24) is 15.3 Å². The SMILES string of the molecule is CCC(C)[C@H](N)C(=O)O.C[C@@H](N)C(=O)O.NC(Cc1ccc(O)cc1)C(=O)O.N[C@@H](Cc1c[nH]cn1)C(=O)O.O=C(O)[C@@H]1CCCN1. The summed E-state index contributed by atoms with van der Waals surface area (Å²) in [7, 11) is 0. The van der Waals surface area contributed by atoms with Gasteiger partial charge in [-0.15, -0.1) is 0 Å². The highest BCUT2D eigenvalue weighted by atomic mass is 16.4. The van der Waals surface area contributed by atoms with Gasteiger partial charge in [0.15, 0.2) is 0 Å². The van der Waals surface area contributed by atoms with Crippen molar-refractivity contribution in [3.63, 3.8) is 0 Å². The molecule has 47 heavy (non-hydrogen) atoms. The van der Waals surface area contributed by atoms with E-state index in [4.69, 9.17) is 53.6 Å². The summed E-state index contributed by atoms with van der Waals surface area (Å²) in [4.78, 5) is 57.1. The molecule has 1 aliphatic heterocycles. The maximum absolute atomic E-state index is 10.4. The van der Waals surface area contributed by atoms with Crippen LogP contribution in [0.2, 0.25) is 0 Å². The Morgan fingerprint density at radius 2 is 1.36 bits per heavy atom. The molecule has 0 radical (unpaired) electrons. The minimum atomic E-state index is -1.02. The number of carboxylic acids is 5. The number of H-pyrrole nitrogens is 1. The smallest absolute Gasteiger partial charge is 0.320 e. The van der Waals surface area contributed by atoms with Crippen molar-refractivity contribution >= 4 is 29.8 Å². The molecule has 16 N–H and O–H groups in total. The van der Waals surface area contributed by atoms with Gasteiger partial charge in [0.2, 0.25) is 0 Å². The van der Waals surface area contributed by atoms with E-state index < -0.39 is 54.0 Å². The highest BCUT2D eigenvalue weighted by Crippen LogP contribution is 2.10. The van der Waals surface area contributed by atoms with Gasteiger partial charge in [-0.25, -0.2) is 4.98 Å². The summed E-state index contributed by atoms with van der Waals surface area (Å²) in [6.07, 6.45) is 6.25. The van der Waals surface area contributed by atoms with Crippen LogP contribution in [0.5, 0.6) is 5.75 Å². The highest BCUT2D eigenvalue weighted by molar-refractivity contribution is 5.74. The summed E-state index contributed by atoms with van der Waals surface area (Å²) in [5.41, 5.74) is 22.2. The normalized spacial score (nSPS) is 16.2. The van der Waals surface area contributed by atoms with E-state index in [0.717, 1.165) is 31.4 Å². The maximum Gasteiger partial charge on any atom is 0.320 e. The molecule has 2 aromatic rings. The van der Waals surface area contributed by atoms with E-state index in [2.05, 4.69) is 15.3 Å². The lowest BCUT2D eigenvalue weighted by Gasteiger charge is -2.11. The summed E-state index contributed by atoms with van der Waals surface area (Å²) in [6, 6.07) is 2.86. The lowest BCUT2D eigenvalue weighted by Crippen LogP contribution is -2.36.